The highest BCUT2D eigenvalue weighted by Crippen LogP contribution is 2.20. The van der Waals surface area contributed by atoms with Crippen molar-refractivity contribution in [1.29, 1.82) is 5.41 Å². The molecule has 0 atom stereocenters. The number of non-ortho nitro benzene ring substituents is 2. The maximum absolute atomic E-state index is 11.0. The minimum Gasteiger partial charge on any atom is -0.507 e. The Morgan fingerprint density at radius 2 is 1.60 bits per heavy atom. The van der Waals surface area contributed by atoms with Crippen LogP contribution in [0.3, 0.4) is 0 Å². The highest BCUT2D eigenvalue weighted by Gasteiger charge is 2.08. The molecule has 0 spiro atoms. The first-order chi connectivity index (χ1) is 11.8. The van der Waals surface area contributed by atoms with Crippen LogP contribution in [0.25, 0.3) is 0 Å². The fraction of sp³-hybridized carbons (Fsp3) is 0.0667. The number of aromatic hydroxyl groups is 1. The first-order valence-corrected chi connectivity index (χ1v) is 6.74. The van der Waals surface area contributed by atoms with E-state index in [1.807, 2.05) is 0 Å². The molecule has 0 radical (unpaired) electrons. The minimum absolute atomic E-state index is 0.0207. The maximum atomic E-state index is 11.0. The van der Waals surface area contributed by atoms with E-state index in [0.29, 0.717) is 5.56 Å². The monoisotopic (exact) mass is 346 g/mol. The van der Waals surface area contributed by atoms with Crippen LogP contribution in [0.15, 0.2) is 42.5 Å². The van der Waals surface area contributed by atoms with Gasteiger partial charge in [-0.15, -0.1) is 0 Å². The second-order valence-electron chi connectivity index (χ2n) is 4.53. The Hall–Kier alpha value is -3.82. The van der Waals surface area contributed by atoms with Crippen LogP contribution in [-0.4, -0.2) is 34.1 Å². The first kappa shape index (κ1) is 19.2. The standard InChI is InChI=1S/C8H8N2O3.C7H6N2O3/c1-9-8(11)6-2-4-7(5-3-6)10(12)13;8-4-5-3-6(9(11)12)1-2-7(5)10/h2-5H,1H3,(H,9,11);1-4,8,10H. The van der Waals surface area contributed by atoms with Gasteiger partial charge in [0.05, 0.1) is 9.85 Å². The molecule has 0 unspecified atom stereocenters. The third kappa shape index (κ3) is 5.39. The van der Waals surface area contributed by atoms with Gasteiger partial charge in [-0.05, 0) is 18.2 Å². The van der Waals surface area contributed by atoms with Crippen LogP contribution < -0.4 is 5.32 Å². The first-order valence-electron chi connectivity index (χ1n) is 6.74. The smallest absolute Gasteiger partial charge is 0.270 e. The maximum Gasteiger partial charge on any atom is 0.270 e. The van der Waals surface area contributed by atoms with Crippen LogP contribution in [-0.2, 0) is 0 Å². The lowest BCUT2D eigenvalue weighted by molar-refractivity contribution is -0.385. The summed E-state index contributed by atoms with van der Waals surface area (Å²) in [5.74, 6) is -0.384. The van der Waals surface area contributed by atoms with Gasteiger partial charge in [-0.1, -0.05) is 0 Å². The molecule has 10 nitrogen and oxygen atoms in total. The van der Waals surface area contributed by atoms with Gasteiger partial charge < -0.3 is 15.8 Å². The number of nitro groups is 2. The van der Waals surface area contributed by atoms with Crippen molar-refractivity contribution in [1.82, 2.24) is 5.32 Å². The lowest BCUT2D eigenvalue weighted by atomic mass is 10.2. The van der Waals surface area contributed by atoms with Gasteiger partial charge in [-0.3, -0.25) is 25.0 Å². The fourth-order valence-electron chi connectivity index (χ4n) is 1.65. The number of benzene rings is 2. The van der Waals surface area contributed by atoms with E-state index in [1.165, 1.54) is 43.4 Å². The number of hydrogen-bond acceptors (Lipinski definition) is 7. The number of rotatable bonds is 4. The zero-order chi connectivity index (χ0) is 19.0. The Kier molecular flexibility index (Phi) is 6.71. The van der Waals surface area contributed by atoms with E-state index in [0.717, 1.165) is 12.3 Å². The molecule has 0 bridgehead atoms. The number of carbonyl (C=O) groups excluding carboxylic acids is 1. The van der Waals surface area contributed by atoms with Crippen LogP contribution in [0.1, 0.15) is 15.9 Å². The molecular formula is C15H14N4O6. The number of nitro benzene ring substituents is 2. The van der Waals surface area contributed by atoms with E-state index in [-0.39, 0.29) is 28.6 Å². The van der Waals surface area contributed by atoms with E-state index in [4.69, 9.17) is 10.5 Å². The van der Waals surface area contributed by atoms with Crippen LogP contribution >= 0.6 is 0 Å². The Bertz CT molecular complexity index is 804. The van der Waals surface area contributed by atoms with Crippen molar-refractivity contribution in [2.45, 2.75) is 0 Å². The second kappa shape index (κ2) is 8.72. The van der Waals surface area contributed by atoms with E-state index >= 15 is 0 Å². The largest absolute Gasteiger partial charge is 0.507 e. The van der Waals surface area contributed by atoms with Crippen molar-refractivity contribution in [3.05, 3.63) is 73.8 Å². The molecule has 0 fully saturated rings. The quantitative estimate of drug-likeness (QED) is 0.437. The SMILES string of the molecule is CNC(=O)c1ccc([N+](=O)[O-])cc1.N=Cc1cc([N+](=O)[O-])ccc1O. The van der Waals surface area contributed by atoms with Gasteiger partial charge in [0.25, 0.3) is 17.3 Å². The summed E-state index contributed by atoms with van der Waals surface area (Å²) in [7, 11) is 1.50. The summed E-state index contributed by atoms with van der Waals surface area (Å²) < 4.78 is 0. The second-order valence-corrected chi connectivity index (χ2v) is 4.53. The van der Waals surface area contributed by atoms with Gasteiger partial charge in [-0.2, -0.15) is 0 Å². The zero-order valence-corrected chi connectivity index (χ0v) is 13.0. The molecule has 130 valence electrons. The molecule has 0 aliphatic rings. The third-order valence-electron chi connectivity index (χ3n) is 2.94. The number of nitrogens with one attached hydrogen (secondary N) is 2. The van der Waals surface area contributed by atoms with Crippen molar-refractivity contribution in [2.75, 3.05) is 7.05 Å². The highest BCUT2D eigenvalue weighted by atomic mass is 16.6. The van der Waals surface area contributed by atoms with Gasteiger partial charge in [0, 0.05) is 48.7 Å². The summed E-state index contributed by atoms with van der Waals surface area (Å²) in [4.78, 5) is 30.4. The summed E-state index contributed by atoms with van der Waals surface area (Å²) in [5.41, 5.74) is 0.399. The van der Waals surface area contributed by atoms with Crippen LogP contribution in [0.4, 0.5) is 11.4 Å². The van der Waals surface area contributed by atoms with Crippen molar-refractivity contribution in [3.63, 3.8) is 0 Å². The molecule has 1 amide bonds. The third-order valence-corrected chi connectivity index (χ3v) is 2.94. The van der Waals surface area contributed by atoms with E-state index in [1.54, 1.807) is 0 Å². The Morgan fingerprint density at radius 3 is 2.04 bits per heavy atom. The van der Waals surface area contributed by atoms with Gasteiger partial charge in [0.2, 0.25) is 0 Å². The molecule has 0 aliphatic heterocycles. The molecule has 10 heteroatoms. The number of phenols is 1. The van der Waals surface area contributed by atoms with Crippen LogP contribution in [0.5, 0.6) is 5.75 Å². The molecule has 0 aliphatic carbocycles. The number of amides is 1. The van der Waals surface area contributed by atoms with Crippen molar-refractivity contribution < 1.29 is 19.7 Å². The number of carbonyl (C=O) groups is 1. The highest BCUT2D eigenvalue weighted by molar-refractivity contribution is 5.94. The molecule has 0 heterocycles. The van der Waals surface area contributed by atoms with Crippen LogP contribution in [0.2, 0.25) is 0 Å². The van der Waals surface area contributed by atoms with E-state index in [9.17, 15) is 25.0 Å². The number of phenolic OH excluding ortho intramolecular Hbond substituents is 1. The summed E-state index contributed by atoms with van der Waals surface area (Å²) in [6.45, 7) is 0. The molecule has 2 rings (SSSR count). The molecule has 25 heavy (non-hydrogen) atoms. The van der Waals surface area contributed by atoms with E-state index < -0.39 is 9.85 Å². The summed E-state index contributed by atoms with van der Waals surface area (Å²) in [5, 5.41) is 38.8. The van der Waals surface area contributed by atoms with E-state index in [2.05, 4.69) is 5.32 Å². The molecule has 0 aromatic heterocycles. The number of nitrogens with zero attached hydrogens (tertiary/aromatic N) is 2. The van der Waals surface area contributed by atoms with Crippen LogP contribution in [0, 0.1) is 25.6 Å². The lowest BCUT2D eigenvalue weighted by Crippen LogP contribution is -2.17. The zero-order valence-electron chi connectivity index (χ0n) is 13.0. The van der Waals surface area contributed by atoms with Gasteiger partial charge in [0.1, 0.15) is 5.75 Å². The average Bonchev–Trinajstić information content (AvgIpc) is 2.61. The minimum atomic E-state index is -0.577. The molecule has 0 saturated heterocycles. The summed E-state index contributed by atoms with van der Waals surface area (Å²) >= 11 is 0. The molecule has 0 saturated carbocycles. The van der Waals surface area contributed by atoms with Crippen molar-refractivity contribution in [3.8, 4) is 5.75 Å². The molecule has 3 N–H and O–H groups in total. The average molecular weight is 346 g/mol. The molecular weight excluding hydrogens is 332 g/mol. The topological polar surface area (TPSA) is 159 Å². The fourth-order valence-corrected chi connectivity index (χ4v) is 1.65. The Balaban J connectivity index is 0.000000251. The van der Waals surface area contributed by atoms with Gasteiger partial charge in [0.15, 0.2) is 0 Å². The Morgan fingerprint density at radius 1 is 1.08 bits per heavy atom. The van der Waals surface area contributed by atoms with Gasteiger partial charge >= 0.3 is 0 Å². The lowest BCUT2D eigenvalue weighted by Gasteiger charge is -1.97. The molecule has 2 aromatic rings. The summed E-state index contributed by atoms with van der Waals surface area (Å²) in [6.07, 6.45) is 0.863. The molecule has 2 aromatic carbocycles. The predicted molar refractivity (Wildman–Crippen MR) is 89.1 cm³/mol. The normalized spacial score (nSPS) is 9.32. The van der Waals surface area contributed by atoms with Crippen molar-refractivity contribution in [2.24, 2.45) is 0 Å². The Labute approximate surface area is 141 Å². The summed E-state index contributed by atoms with van der Waals surface area (Å²) in [6, 6.07) is 8.94. The number of hydrogen-bond donors (Lipinski definition) is 3. The predicted octanol–water partition coefficient (Wildman–Crippen LogP) is 2.25. The van der Waals surface area contributed by atoms with Gasteiger partial charge in [-0.25, -0.2) is 0 Å². The van der Waals surface area contributed by atoms with Crippen molar-refractivity contribution >= 4 is 23.5 Å².